The van der Waals surface area contributed by atoms with Crippen molar-refractivity contribution in [3.8, 4) is 0 Å². The van der Waals surface area contributed by atoms with Crippen LogP contribution in [0, 0.1) is 0 Å². The Labute approximate surface area is 54.4 Å². The number of hydrogen-bond acceptors (Lipinski definition) is 3. The number of nitrogens with zero attached hydrogens (tertiary/aromatic N) is 1. The maximum atomic E-state index is 4.96. The Morgan fingerprint density at radius 1 is 1.78 bits per heavy atom. The van der Waals surface area contributed by atoms with Gasteiger partial charge in [-0.3, -0.25) is 5.43 Å². The van der Waals surface area contributed by atoms with Crippen molar-refractivity contribution in [1.29, 1.82) is 0 Å². The fourth-order valence-corrected chi connectivity index (χ4v) is 0.652. The van der Waals surface area contributed by atoms with Gasteiger partial charge in [-0.2, -0.15) is 5.10 Å². The van der Waals surface area contributed by atoms with Gasteiger partial charge in [0.15, 0.2) is 6.23 Å². The molecule has 0 aromatic heterocycles. The van der Waals surface area contributed by atoms with Crippen LogP contribution < -0.4 is 5.43 Å². The minimum atomic E-state index is -0.0463. The van der Waals surface area contributed by atoms with Crippen LogP contribution in [0.2, 0.25) is 0 Å². The van der Waals surface area contributed by atoms with Crippen LogP contribution in [0.15, 0.2) is 16.8 Å². The molecule has 0 saturated heterocycles. The van der Waals surface area contributed by atoms with E-state index in [-0.39, 0.29) is 6.23 Å². The summed E-state index contributed by atoms with van der Waals surface area (Å²) in [5, 5.41) is 3.84. The predicted octanol–water partition coefficient (Wildman–Crippen LogP) is 0.494. The second-order valence-electron chi connectivity index (χ2n) is 1.95. The standard InChI is InChI=1S/C6H10N2O/c1-5-3-6(9-2)8-7-4-5/h3-4,6,8H,1-2H3. The zero-order chi connectivity index (χ0) is 6.69. The van der Waals surface area contributed by atoms with Gasteiger partial charge in [0.25, 0.3) is 0 Å². The fraction of sp³-hybridized carbons (Fsp3) is 0.500. The molecule has 1 aliphatic rings. The van der Waals surface area contributed by atoms with Crippen LogP contribution in [0.3, 0.4) is 0 Å². The molecule has 1 atom stereocenters. The summed E-state index contributed by atoms with van der Waals surface area (Å²) in [5.41, 5.74) is 3.90. The number of rotatable bonds is 1. The molecule has 9 heavy (non-hydrogen) atoms. The van der Waals surface area contributed by atoms with Gasteiger partial charge in [0.2, 0.25) is 0 Å². The average Bonchev–Trinajstić information content (AvgIpc) is 1.88. The van der Waals surface area contributed by atoms with Crippen molar-refractivity contribution in [3.63, 3.8) is 0 Å². The van der Waals surface area contributed by atoms with Crippen LogP contribution in [-0.2, 0) is 4.74 Å². The van der Waals surface area contributed by atoms with Crippen LogP contribution >= 0.6 is 0 Å². The molecule has 0 radical (unpaired) electrons. The molecule has 1 rings (SSSR count). The third kappa shape index (κ3) is 1.54. The topological polar surface area (TPSA) is 33.6 Å². The summed E-state index contributed by atoms with van der Waals surface area (Å²) >= 11 is 0. The second-order valence-corrected chi connectivity index (χ2v) is 1.95. The van der Waals surface area contributed by atoms with Crippen molar-refractivity contribution < 1.29 is 4.74 Å². The van der Waals surface area contributed by atoms with Crippen LogP contribution in [0.4, 0.5) is 0 Å². The first-order valence-corrected chi connectivity index (χ1v) is 2.83. The molecule has 0 amide bonds. The van der Waals surface area contributed by atoms with E-state index in [9.17, 15) is 0 Å². The normalized spacial score (nSPS) is 25.1. The Kier molecular flexibility index (Phi) is 1.85. The lowest BCUT2D eigenvalue weighted by Crippen LogP contribution is -2.27. The first-order valence-electron chi connectivity index (χ1n) is 2.83. The molecule has 0 bridgehead atoms. The molecule has 0 saturated carbocycles. The summed E-state index contributed by atoms with van der Waals surface area (Å²) in [7, 11) is 1.64. The van der Waals surface area contributed by atoms with Gasteiger partial charge in [0, 0.05) is 13.3 Å². The highest BCUT2D eigenvalue weighted by atomic mass is 16.5. The van der Waals surface area contributed by atoms with Crippen molar-refractivity contribution >= 4 is 6.21 Å². The summed E-state index contributed by atoms with van der Waals surface area (Å²) in [4.78, 5) is 0. The van der Waals surface area contributed by atoms with E-state index >= 15 is 0 Å². The smallest absolute Gasteiger partial charge is 0.162 e. The minimum Gasteiger partial charge on any atom is -0.357 e. The third-order valence-corrected chi connectivity index (χ3v) is 1.14. The van der Waals surface area contributed by atoms with Gasteiger partial charge < -0.3 is 4.74 Å². The van der Waals surface area contributed by atoms with E-state index in [0.717, 1.165) is 5.57 Å². The summed E-state index contributed by atoms with van der Waals surface area (Å²) in [6.45, 7) is 1.98. The Hall–Kier alpha value is -0.830. The zero-order valence-electron chi connectivity index (χ0n) is 5.59. The van der Waals surface area contributed by atoms with Crippen molar-refractivity contribution in [2.75, 3.05) is 7.11 Å². The number of hydrogen-bond donors (Lipinski definition) is 1. The number of allylic oxidation sites excluding steroid dienone is 1. The van der Waals surface area contributed by atoms with Crippen molar-refractivity contribution in [1.82, 2.24) is 5.43 Å². The highest BCUT2D eigenvalue weighted by molar-refractivity contribution is 5.78. The second kappa shape index (κ2) is 2.64. The summed E-state index contributed by atoms with van der Waals surface area (Å²) in [6.07, 6.45) is 3.68. The van der Waals surface area contributed by atoms with Crippen LogP contribution in [0.25, 0.3) is 0 Å². The molecule has 0 aliphatic carbocycles. The molecular weight excluding hydrogens is 116 g/mol. The first kappa shape index (κ1) is 6.29. The quantitative estimate of drug-likeness (QED) is 0.555. The average molecular weight is 126 g/mol. The van der Waals surface area contributed by atoms with E-state index in [2.05, 4.69) is 10.5 Å². The van der Waals surface area contributed by atoms with E-state index in [0.29, 0.717) is 0 Å². The molecule has 0 aromatic carbocycles. The van der Waals surface area contributed by atoms with Gasteiger partial charge in [-0.25, -0.2) is 0 Å². The van der Waals surface area contributed by atoms with Gasteiger partial charge in [-0.1, -0.05) is 0 Å². The van der Waals surface area contributed by atoms with Gasteiger partial charge in [-0.15, -0.1) is 0 Å². The van der Waals surface area contributed by atoms with Gasteiger partial charge in [0.05, 0.1) is 0 Å². The Bertz CT molecular complexity index is 151. The molecular formula is C6H10N2O. The lowest BCUT2D eigenvalue weighted by atomic mass is 10.3. The van der Waals surface area contributed by atoms with Crippen LogP contribution in [0.5, 0.6) is 0 Å². The van der Waals surface area contributed by atoms with Gasteiger partial charge >= 0.3 is 0 Å². The van der Waals surface area contributed by atoms with E-state index in [4.69, 9.17) is 4.74 Å². The Balaban J connectivity index is 2.55. The lowest BCUT2D eigenvalue weighted by molar-refractivity contribution is 0.112. The molecule has 1 unspecified atom stereocenters. The summed E-state index contributed by atoms with van der Waals surface area (Å²) in [5.74, 6) is 0. The number of nitrogens with one attached hydrogen (secondary N) is 1. The highest BCUT2D eigenvalue weighted by Gasteiger charge is 2.02. The van der Waals surface area contributed by atoms with Crippen molar-refractivity contribution in [3.05, 3.63) is 11.6 Å². The lowest BCUT2D eigenvalue weighted by Gasteiger charge is -2.13. The largest absolute Gasteiger partial charge is 0.357 e. The number of hydrazone groups is 1. The SMILES string of the molecule is COC1C=C(C)C=NN1. The number of ether oxygens (including phenoxy) is 1. The van der Waals surface area contributed by atoms with Gasteiger partial charge in [0.1, 0.15) is 0 Å². The van der Waals surface area contributed by atoms with Crippen molar-refractivity contribution in [2.45, 2.75) is 13.2 Å². The highest BCUT2D eigenvalue weighted by Crippen LogP contribution is 1.98. The molecule has 3 nitrogen and oxygen atoms in total. The zero-order valence-corrected chi connectivity index (χ0v) is 5.59. The molecule has 1 N–H and O–H groups in total. The third-order valence-electron chi connectivity index (χ3n) is 1.14. The first-order chi connectivity index (χ1) is 4.33. The molecule has 1 heterocycles. The maximum absolute atomic E-state index is 4.96. The Morgan fingerprint density at radius 3 is 3.00 bits per heavy atom. The summed E-state index contributed by atoms with van der Waals surface area (Å²) < 4.78 is 4.96. The minimum absolute atomic E-state index is 0.0463. The van der Waals surface area contributed by atoms with Crippen LogP contribution in [-0.4, -0.2) is 19.6 Å². The van der Waals surface area contributed by atoms with E-state index in [1.165, 1.54) is 0 Å². The molecule has 3 heteroatoms. The Morgan fingerprint density at radius 2 is 2.56 bits per heavy atom. The molecule has 0 aromatic rings. The monoisotopic (exact) mass is 126 g/mol. The molecule has 0 spiro atoms. The van der Waals surface area contributed by atoms with Gasteiger partial charge in [-0.05, 0) is 18.6 Å². The van der Waals surface area contributed by atoms with E-state index < -0.39 is 0 Å². The number of methoxy groups -OCH3 is 1. The van der Waals surface area contributed by atoms with E-state index in [1.807, 2.05) is 13.0 Å². The van der Waals surface area contributed by atoms with E-state index in [1.54, 1.807) is 13.3 Å². The molecule has 0 fully saturated rings. The predicted molar refractivity (Wildman–Crippen MR) is 36.2 cm³/mol. The molecule has 1 aliphatic heterocycles. The van der Waals surface area contributed by atoms with Crippen molar-refractivity contribution in [2.24, 2.45) is 5.10 Å². The van der Waals surface area contributed by atoms with Crippen LogP contribution in [0.1, 0.15) is 6.92 Å². The maximum Gasteiger partial charge on any atom is 0.162 e. The summed E-state index contributed by atoms with van der Waals surface area (Å²) in [6, 6.07) is 0. The fourth-order valence-electron chi connectivity index (χ4n) is 0.652. The molecule has 50 valence electrons.